The van der Waals surface area contributed by atoms with E-state index in [2.05, 4.69) is 38.2 Å². The number of hydrogen-bond acceptors (Lipinski definition) is 2. The van der Waals surface area contributed by atoms with E-state index in [9.17, 15) is 4.79 Å². The second-order valence-corrected chi connectivity index (χ2v) is 4.99. The summed E-state index contributed by atoms with van der Waals surface area (Å²) in [5.41, 5.74) is 1.19. The summed E-state index contributed by atoms with van der Waals surface area (Å²) in [4.78, 5) is 14.2. The Morgan fingerprint density at radius 1 is 1.26 bits per heavy atom. The standard InChI is InChI=1S/C16H26N2O/c1-4-11-18(13-15-9-7-6-8-10-15)16(19)12-17-14(3)5-2/h6-10,14,17H,4-5,11-13H2,1-3H3. The Balaban J connectivity index is 2.54. The van der Waals surface area contributed by atoms with Gasteiger partial charge >= 0.3 is 0 Å². The van der Waals surface area contributed by atoms with Gasteiger partial charge < -0.3 is 10.2 Å². The Kier molecular flexibility index (Phi) is 7.19. The van der Waals surface area contributed by atoms with Crippen molar-refractivity contribution in [2.45, 2.75) is 46.2 Å². The zero-order chi connectivity index (χ0) is 14.1. The van der Waals surface area contributed by atoms with Crippen LogP contribution >= 0.6 is 0 Å². The molecule has 0 spiro atoms. The molecule has 0 radical (unpaired) electrons. The molecule has 0 aliphatic carbocycles. The van der Waals surface area contributed by atoms with E-state index in [-0.39, 0.29) is 5.91 Å². The summed E-state index contributed by atoms with van der Waals surface area (Å²) in [6, 6.07) is 10.6. The quantitative estimate of drug-likeness (QED) is 0.781. The lowest BCUT2D eigenvalue weighted by Gasteiger charge is -2.23. The monoisotopic (exact) mass is 262 g/mol. The number of benzene rings is 1. The van der Waals surface area contributed by atoms with Crippen molar-refractivity contribution >= 4 is 5.91 Å². The van der Waals surface area contributed by atoms with E-state index < -0.39 is 0 Å². The van der Waals surface area contributed by atoms with Gasteiger partial charge in [-0.05, 0) is 25.3 Å². The first-order valence-electron chi connectivity index (χ1n) is 7.22. The van der Waals surface area contributed by atoms with Gasteiger partial charge in [0, 0.05) is 19.1 Å². The Labute approximate surface area is 117 Å². The first kappa shape index (κ1) is 15.7. The van der Waals surface area contributed by atoms with E-state index in [1.807, 2.05) is 23.1 Å². The van der Waals surface area contributed by atoms with E-state index in [0.717, 1.165) is 19.4 Å². The van der Waals surface area contributed by atoms with Gasteiger partial charge in [0.15, 0.2) is 0 Å². The first-order chi connectivity index (χ1) is 9.17. The molecule has 0 aliphatic rings. The minimum atomic E-state index is 0.186. The summed E-state index contributed by atoms with van der Waals surface area (Å²) in [5.74, 6) is 0.186. The lowest BCUT2D eigenvalue weighted by atomic mass is 10.2. The number of hydrogen-bond donors (Lipinski definition) is 1. The first-order valence-corrected chi connectivity index (χ1v) is 7.22. The van der Waals surface area contributed by atoms with Crippen LogP contribution in [0.1, 0.15) is 39.2 Å². The normalized spacial score (nSPS) is 12.2. The van der Waals surface area contributed by atoms with Crippen LogP contribution in [0.5, 0.6) is 0 Å². The van der Waals surface area contributed by atoms with Crippen LogP contribution in [0.4, 0.5) is 0 Å². The fraction of sp³-hybridized carbons (Fsp3) is 0.562. The number of carbonyl (C=O) groups excluding carboxylic acids is 1. The summed E-state index contributed by atoms with van der Waals surface area (Å²) in [6.07, 6.45) is 2.03. The molecule has 3 nitrogen and oxygen atoms in total. The summed E-state index contributed by atoms with van der Waals surface area (Å²) < 4.78 is 0. The Morgan fingerprint density at radius 2 is 1.95 bits per heavy atom. The summed E-state index contributed by atoms with van der Waals surface area (Å²) >= 11 is 0. The summed E-state index contributed by atoms with van der Waals surface area (Å²) in [7, 11) is 0. The van der Waals surface area contributed by atoms with Gasteiger partial charge in [-0.25, -0.2) is 0 Å². The van der Waals surface area contributed by atoms with E-state index in [1.165, 1.54) is 5.56 Å². The second-order valence-electron chi connectivity index (χ2n) is 4.99. The molecular formula is C16H26N2O. The molecule has 0 aliphatic heterocycles. The van der Waals surface area contributed by atoms with Crippen LogP contribution < -0.4 is 5.32 Å². The maximum absolute atomic E-state index is 12.2. The van der Waals surface area contributed by atoms with Crippen molar-refractivity contribution < 1.29 is 4.79 Å². The second kappa shape index (κ2) is 8.70. The van der Waals surface area contributed by atoms with Crippen molar-refractivity contribution in [3.05, 3.63) is 35.9 Å². The highest BCUT2D eigenvalue weighted by Gasteiger charge is 2.13. The average Bonchev–Trinajstić information content (AvgIpc) is 2.45. The van der Waals surface area contributed by atoms with Crippen LogP contribution in [0, 0.1) is 0 Å². The van der Waals surface area contributed by atoms with Crippen LogP contribution in [0.2, 0.25) is 0 Å². The van der Waals surface area contributed by atoms with Gasteiger partial charge in [0.25, 0.3) is 0 Å². The summed E-state index contributed by atoms with van der Waals surface area (Å²) in [6.45, 7) is 8.28. The van der Waals surface area contributed by atoms with Crippen LogP contribution in [0.3, 0.4) is 0 Å². The lowest BCUT2D eigenvalue weighted by Crippen LogP contribution is -2.40. The number of nitrogens with zero attached hydrogens (tertiary/aromatic N) is 1. The zero-order valence-corrected chi connectivity index (χ0v) is 12.4. The molecule has 1 aromatic carbocycles. The van der Waals surface area contributed by atoms with E-state index >= 15 is 0 Å². The molecule has 1 atom stereocenters. The predicted octanol–water partition coefficient (Wildman–Crippen LogP) is 2.81. The smallest absolute Gasteiger partial charge is 0.236 e. The highest BCUT2D eigenvalue weighted by molar-refractivity contribution is 5.78. The minimum absolute atomic E-state index is 0.186. The average molecular weight is 262 g/mol. The van der Waals surface area contributed by atoms with Crippen molar-refractivity contribution in [2.24, 2.45) is 0 Å². The molecule has 1 aromatic rings. The van der Waals surface area contributed by atoms with Gasteiger partial charge in [0.1, 0.15) is 0 Å². The van der Waals surface area contributed by atoms with E-state index in [1.54, 1.807) is 0 Å². The van der Waals surface area contributed by atoms with Gasteiger partial charge in [-0.15, -0.1) is 0 Å². The highest BCUT2D eigenvalue weighted by atomic mass is 16.2. The van der Waals surface area contributed by atoms with Crippen molar-refractivity contribution in [3.8, 4) is 0 Å². The zero-order valence-electron chi connectivity index (χ0n) is 12.4. The number of nitrogens with one attached hydrogen (secondary N) is 1. The molecule has 1 N–H and O–H groups in total. The molecule has 0 bridgehead atoms. The van der Waals surface area contributed by atoms with Gasteiger partial charge in [0.05, 0.1) is 6.54 Å². The lowest BCUT2D eigenvalue weighted by molar-refractivity contribution is -0.131. The maximum Gasteiger partial charge on any atom is 0.236 e. The largest absolute Gasteiger partial charge is 0.337 e. The van der Waals surface area contributed by atoms with Crippen LogP contribution in [-0.4, -0.2) is 29.9 Å². The molecule has 106 valence electrons. The van der Waals surface area contributed by atoms with Crippen molar-refractivity contribution in [1.82, 2.24) is 10.2 Å². The van der Waals surface area contributed by atoms with Crippen molar-refractivity contribution in [3.63, 3.8) is 0 Å². The fourth-order valence-electron chi connectivity index (χ4n) is 1.88. The third-order valence-corrected chi connectivity index (χ3v) is 3.28. The van der Waals surface area contributed by atoms with E-state index in [4.69, 9.17) is 0 Å². The summed E-state index contributed by atoms with van der Waals surface area (Å²) in [5, 5.41) is 3.27. The molecule has 3 heteroatoms. The Bertz CT molecular complexity index is 364. The molecule has 1 unspecified atom stereocenters. The van der Waals surface area contributed by atoms with Gasteiger partial charge in [-0.1, -0.05) is 44.2 Å². The molecule has 19 heavy (non-hydrogen) atoms. The SMILES string of the molecule is CCCN(Cc1ccccc1)C(=O)CNC(C)CC. The molecule has 1 amide bonds. The molecule has 0 fully saturated rings. The molecule has 1 rings (SSSR count). The van der Waals surface area contributed by atoms with Gasteiger partial charge in [0.2, 0.25) is 5.91 Å². The number of amides is 1. The molecule has 0 heterocycles. The highest BCUT2D eigenvalue weighted by Crippen LogP contribution is 2.05. The molecule has 0 aromatic heterocycles. The maximum atomic E-state index is 12.2. The van der Waals surface area contributed by atoms with Gasteiger partial charge in [-0.2, -0.15) is 0 Å². The van der Waals surface area contributed by atoms with Crippen molar-refractivity contribution in [1.29, 1.82) is 0 Å². The minimum Gasteiger partial charge on any atom is -0.337 e. The van der Waals surface area contributed by atoms with Crippen LogP contribution in [0.15, 0.2) is 30.3 Å². The van der Waals surface area contributed by atoms with Crippen LogP contribution in [-0.2, 0) is 11.3 Å². The molecule has 0 saturated carbocycles. The molecular weight excluding hydrogens is 236 g/mol. The van der Waals surface area contributed by atoms with Crippen molar-refractivity contribution in [2.75, 3.05) is 13.1 Å². The van der Waals surface area contributed by atoms with Crippen LogP contribution in [0.25, 0.3) is 0 Å². The Hall–Kier alpha value is -1.35. The molecule has 0 saturated heterocycles. The fourth-order valence-corrected chi connectivity index (χ4v) is 1.88. The third kappa shape index (κ3) is 5.88. The number of carbonyl (C=O) groups is 1. The number of rotatable bonds is 8. The topological polar surface area (TPSA) is 32.3 Å². The predicted molar refractivity (Wildman–Crippen MR) is 79.9 cm³/mol. The van der Waals surface area contributed by atoms with Gasteiger partial charge in [-0.3, -0.25) is 4.79 Å². The van der Waals surface area contributed by atoms with E-state index in [0.29, 0.717) is 19.1 Å². The Morgan fingerprint density at radius 3 is 2.53 bits per heavy atom. The third-order valence-electron chi connectivity index (χ3n) is 3.28.